The number of nitrogens with one attached hydrogen (secondary N) is 1. The van der Waals surface area contributed by atoms with Crippen molar-refractivity contribution in [1.82, 2.24) is 4.31 Å². The summed E-state index contributed by atoms with van der Waals surface area (Å²) in [5.41, 5.74) is 2.25. The van der Waals surface area contributed by atoms with E-state index in [0.717, 1.165) is 17.4 Å². The molecule has 1 N–H and O–H groups in total. The number of aryl methyl sites for hydroxylation is 1. The molecule has 134 valence electrons. The monoisotopic (exact) mass is 380 g/mol. The molecule has 7 heteroatoms. The normalized spacial score (nSPS) is 12.8. The minimum atomic E-state index is -3.57. The number of hydrogen-bond acceptors (Lipinski definition) is 3. The zero-order chi connectivity index (χ0) is 18.6. The molecule has 0 aromatic heterocycles. The maximum Gasteiger partial charge on any atom is 0.239 e. The first kappa shape index (κ1) is 19.4. The summed E-state index contributed by atoms with van der Waals surface area (Å²) in [4.78, 5) is 12.3. The van der Waals surface area contributed by atoms with Gasteiger partial charge in [0, 0.05) is 16.8 Å². The van der Waals surface area contributed by atoms with Crippen LogP contribution in [0.25, 0.3) is 0 Å². The van der Waals surface area contributed by atoms with E-state index >= 15 is 0 Å². The van der Waals surface area contributed by atoms with Gasteiger partial charge < -0.3 is 5.32 Å². The third-order valence-corrected chi connectivity index (χ3v) is 5.60. The van der Waals surface area contributed by atoms with Crippen LogP contribution in [-0.4, -0.2) is 31.4 Å². The second kappa shape index (κ2) is 7.99. The van der Waals surface area contributed by atoms with Gasteiger partial charge in [-0.1, -0.05) is 48.0 Å². The fourth-order valence-corrected chi connectivity index (χ4v) is 3.68. The van der Waals surface area contributed by atoms with Crippen LogP contribution in [-0.2, 0) is 14.8 Å². The van der Waals surface area contributed by atoms with Gasteiger partial charge >= 0.3 is 0 Å². The quantitative estimate of drug-likeness (QED) is 0.832. The highest BCUT2D eigenvalue weighted by molar-refractivity contribution is 7.88. The molecule has 0 fully saturated rings. The van der Waals surface area contributed by atoms with Crippen molar-refractivity contribution in [2.75, 3.05) is 18.1 Å². The van der Waals surface area contributed by atoms with Crippen LogP contribution in [0.1, 0.15) is 24.1 Å². The van der Waals surface area contributed by atoms with Crippen LogP contribution in [0.3, 0.4) is 0 Å². The first-order valence-corrected chi connectivity index (χ1v) is 9.99. The van der Waals surface area contributed by atoms with Gasteiger partial charge in [0.1, 0.15) is 0 Å². The van der Waals surface area contributed by atoms with Crippen molar-refractivity contribution in [3.8, 4) is 0 Å². The Bertz CT molecular complexity index is 854. The van der Waals surface area contributed by atoms with Crippen LogP contribution in [0.4, 0.5) is 5.69 Å². The summed E-state index contributed by atoms with van der Waals surface area (Å²) in [6.07, 6.45) is 1.10. The lowest BCUT2D eigenvalue weighted by molar-refractivity contribution is -0.116. The summed E-state index contributed by atoms with van der Waals surface area (Å²) in [6.45, 7) is 3.34. The molecular weight excluding hydrogens is 360 g/mol. The van der Waals surface area contributed by atoms with E-state index in [9.17, 15) is 13.2 Å². The number of amides is 1. The van der Waals surface area contributed by atoms with Crippen molar-refractivity contribution in [3.63, 3.8) is 0 Å². The summed E-state index contributed by atoms with van der Waals surface area (Å²) >= 11 is 6.05. The minimum absolute atomic E-state index is 0.277. The average molecular weight is 381 g/mol. The van der Waals surface area contributed by atoms with Gasteiger partial charge in [0.25, 0.3) is 0 Å². The predicted octanol–water partition coefficient (Wildman–Crippen LogP) is 3.61. The van der Waals surface area contributed by atoms with E-state index in [4.69, 9.17) is 11.6 Å². The molecule has 5 nitrogen and oxygen atoms in total. The molecule has 0 aliphatic rings. The largest absolute Gasteiger partial charge is 0.325 e. The van der Waals surface area contributed by atoms with Crippen LogP contribution in [0, 0.1) is 6.92 Å². The molecule has 0 spiro atoms. The van der Waals surface area contributed by atoms with E-state index in [-0.39, 0.29) is 6.54 Å². The van der Waals surface area contributed by atoms with Crippen molar-refractivity contribution in [1.29, 1.82) is 0 Å². The van der Waals surface area contributed by atoms with Gasteiger partial charge in [0.05, 0.1) is 12.8 Å². The Morgan fingerprint density at radius 2 is 1.84 bits per heavy atom. The number of anilines is 1. The van der Waals surface area contributed by atoms with Crippen molar-refractivity contribution >= 4 is 33.2 Å². The Balaban J connectivity index is 2.17. The molecule has 1 unspecified atom stereocenters. The van der Waals surface area contributed by atoms with Crippen LogP contribution < -0.4 is 5.32 Å². The van der Waals surface area contributed by atoms with Gasteiger partial charge in [0.15, 0.2) is 0 Å². The van der Waals surface area contributed by atoms with E-state index in [0.29, 0.717) is 10.7 Å². The third kappa shape index (κ3) is 5.29. The lowest BCUT2D eigenvalue weighted by atomic mass is 10.1. The lowest BCUT2D eigenvalue weighted by Gasteiger charge is -2.26. The van der Waals surface area contributed by atoms with Crippen molar-refractivity contribution < 1.29 is 13.2 Å². The first-order valence-electron chi connectivity index (χ1n) is 7.76. The topological polar surface area (TPSA) is 66.5 Å². The summed E-state index contributed by atoms with van der Waals surface area (Å²) in [5, 5.41) is 3.23. The van der Waals surface area contributed by atoms with Gasteiger partial charge in [-0.3, -0.25) is 4.79 Å². The van der Waals surface area contributed by atoms with Gasteiger partial charge in [0.2, 0.25) is 15.9 Å². The number of nitrogens with zero attached hydrogens (tertiary/aromatic N) is 1. The SMILES string of the molecule is Cc1ccc(NC(=O)CN(C(C)c2ccccc2)S(C)(=O)=O)cc1Cl. The fraction of sp³-hybridized carbons (Fsp3) is 0.278. The van der Waals surface area contributed by atoms with Gasteiger partial charge in [-0.15, -0.1) is 0 Å². The van der Waals surface area contributed by atoms with Crippen LogP contribution >= 0.6 is 11.6 Å². The van der Waals surface area contributed by atoms with Crippen molar-refractivity contribution in [2.24, 2.45) is 0 Å². The molecule has 2 rings (SSSR count). The Kier molecular flexibility index (Phi) is 6.21. The molecule has 2 aromatic rings. The molecule has 2 aromatic carbocycles. The molecule has 25 heavy (non-hydrogen) atoms. The summed E-state index contributed by atoms with van der Waals surface area (Å²) < 4.78 is 25.5. The molecule has 0 aliphatic heterocycles. The first-order chi connectivity index (χ1) is 11.7. The number of benzene rings is 2. The minimum Gasteiger partial charge on any atom is -0.325 e. The number of carbonyl (C=O) groups is 1. The lowest BCUT2D eigenvalue weighted by Crippen LogP contribution is -2.39. The number of sulfonamides is 1. The van der Waals surface area contributed by atoms with E-state index in [2.05, 4.69) is 5.32 Å². The average Bonchev–Trinajstić information content (AvgIpc) is 2.55. The standard InChI is InChI=1S/C18H21ClN2O3S/c1-13-9-10-16(11-17(13)19)20-18(22)12-21(25(3,23)24)14(2)15-7-5-4-6-8-15/h4-11,14H,12H2,1-3H3,(H,20,22). The van der Waals surface area contributed by atoms with E-state index in [1.54, 1.807) is 25.1 Å². The Morgan fingerprint density at radius 3 is 2.40 bits per heavy atom. The van der Waals surface area contributed by atoms with Gasteiger partial charge in [-0.25, -0.2) is 8.42 Å². The van der Waals surface area contributed by atoms with E-state index in [1.165, 1.54) is 4.31 Å². The molecule has 0 saturated heterocycles. The molecular formula is C18H21ClN2O3S. The highest BCUT2D eigenvalue weighted by Gasteiger charge is 2.27. The summed E-state index contributed by atoms with van der Waals surface area (Å²) in [6, 6.07) is 13.9. The van der Waals surface area contributed by atoms with E-state index < -0.39 is 22.0 Å². The van der Waals surface area contributed by atoms with Crippen molar-refractivity contribution in [3.05, 3.63) is 64.7 Å². The summed E-state index contributed by atoms with van der Waals surface area (Å²) in [5.74, 6) is -0.423. The number of carbonyl (C=O) groups excluding carboxylic acids is 1. The summed E-state index contributed by atoms with van der Waals surface area (Å²) in [7, 11) is -3.57. The Hall–Kier alpha value is -1.89. The van der Waals surface area contributed by atoms with Crippen LogP contribution in [0.2, 0.25) is 5.02 Å². The van der Waals surface area contributed by atoms with Gasteiger partial charge in [-0.2, -0.15) is 4.31 Å². The van der Waals surface area contributed by atoms with Crippen LogP contribution in [0.5, 0.6) is 0 Å². The highest BCUT2D eigenvalue weighted by atomic mass is 35.5. The second-order valence-corrected chi connectivity index (χ2v) is 8.25. The molecule has 1 amide bonds. The molecule has 0 aliphatic carbocycles. The smallest absolute Gasteiger partial charge is 0.239 e. The Labute approximate surface area is 153 Å². The second-order valence-electron chi connectivity index (χ2n) is 5.91. The molecule has 0 saturated carbocycles. The number of hydrogen-bond donors (Lipinski definition) is 1. The molecule has 0 bridgehead atoms. The third-order valence-electron chi connectivity index (χ3n) is 3.89. The van der Waals surface area contributed by atoms with Gasteiger partial charge in [-0.05, 0) is 37.1 Å². The molecule has 1 atom stereocenters. The van der Waals surface area contributed by atoms with E-state index in [1.807, 2.05) is 37.3 Å². The maximum absolute atomic E-state index is 12.3. The van der Waals surface area contributed by atoms with Crippen LogP contribution in [0.15, 0.2) is 48.5 Å². The maximum atomic E-state index is 12.3. The zero-order valence-corrected chi connectivity index (χ0v) is 15.9. The predicted molar refractivity (Wildman–Crippen MR) is 101 cm³/mol. The van der Waals surface area contributed by atoms with Crippen molar-refractivity contribution in [2.45, 2.75) is 19.9 Å². The fourth-order valence-electron chi connectivity index (χ4n) is 2.45. The molecule has 0 radical (unpaired) electrons. The number of halogens is 1. The highest BCUT2D eigenvalue weighted by Crippen LogP contribution is 2.23. The zero-order valence-electron chi connectivity index (χ0n) is 14.4. The Morgan fingerprint density at radius 1 is 1.20 bits per heavy atom. The molecule has 0 heterocycles. The number of rotatable bonds is 6.